The van der Waals surface area contributed by atoms with E-state index in [0.717, 1.165) is 19.3 Å². The van der Waals surface area contributed by atoms with Gasteiger partial charge in [-0.2, -0.15) is 0 Å². The minimum atomic E-state index is -0.326. The minimum absolute atomic E-state index is 0.0191. The topological polar surface area (TPSA) is 61.8 Å². The van der Waals surface area contributed by atoms with E-state index in [1.807, 2.05) is 0 Å². The molecule has 5 heteroatoms. The van der Waals surface area contributed by atoms with Crippen LogP contribution in [0.2, 0.25) is 0 Å². The van der Waals surface area contributed by atoms with Crippen molar-refractivity contribution < 1.29 is 23.8 Å². The fourth-order valence-corrected chi connectivity index (χ4v) is 2.80. The van der Waals surface area contributed by atoms with E-state index in [0.29, 0.717) is 16.9 Å². The first kappa shape index (κ1) is 16.5. The molecule has 5 nitrogen and oxygen atoms in total. The van der Waals surface area contributed by atoms with E-state index in [1.54, 1.807) is 25.3 Å². The van der Waals surface area contributed by atoms with E-state index in [2.05, 4.69) is 0 Å². The monoisotopic (exact) mass is 306 g/mol. The number of ether oxygens (including phenoxy) is 3. The van der Waals surface area contributed by atoms with Crippen LogP contribution >= 0.6 is 0 Å². The second-order valence-electron chi connectivity index (χ2n) is 5.49. The summed E-state index contributed by atoms with van der Waals surface area (Å²) in [5.74, 6) is 0.206. The normalized spacial score (nSPS) is 20.7. The van der Waals surface area contributed by atoms with Gasteiger partial charge in [-0.3, -0.25) is 9.59 Å². The Labute approximate surface area is 130 Å². The van der Waals surface area contributed by atoms with E-state index in [-0.39, 0.29) is 30.4 Å². The molecule has 1 fully saturated rings. The molecule has 0 bridgehead atoms. The van der Waals surface area contributed by atoms with Crippen molar-refractivity contribution in [3.05, 3.63) is 29.3 Å². The van der Waals surface area contributed by atoms with Crippen molar-refractivity contribution >= 4 is 11.8 Å². The highest BCUT2D eigenvalue weighted by Gasteiger charge is 2.30. The third-order valence-electron chi connectivity index (χ3n) is 4.00. The van der Waals surface area contributed by atoms with Gasteiger partial charge in [-0.25, -0.2) is 0 Å². The van der Waals surface area contributed by atoms with Crippen LogP contribution in [-0.2, 0) is 20.7 Å². The van der Waals surface area contributed by atoms with Crippen molar-refractivity contribution in [3.8, 4) is 5.75 Å². The molecule has 0 heterocycles. The molecule has 1 aromatic carbocycles. The number of esters is 1. The summed E-state index contributed by atoms with van der Waals surface area (Å²) in [7, 11) is 3.17. The number of hydrogen-bond donors (Lipinski definition) is 0. The molecule has 2 atom stereocenters. The fraction of sp³-hybridized carbons (Fsp3) is 0.529. The molecule has 2 rings (SSSR count). The van der Waals surface area contributed by atoms with Gasteiger partial charge in [0.1, 0.15) is 11.9 Å². The molecule has 1 aromatic rings. The highest BCUT2D eigenvalue weighted by atomic mass is 16.6. The van der Waals surface area contributed by atoms with Crippen molar-refractivity contribution in [1.82, 2.24) is 0 Å². The Bertz CT molecular complexity index is 552. The average molecular weight is 306 g/mol. The molecule has 0 aromatic heterocycles. The van der Waals surface area contributed by atoms with Crippen LogP contribution in [0.4, 0.5) is 0 Å². The van der Waals surface area contributed by atoms with E-state index in [1.165, 1.54) is 14.0 Å². The largest absolute Gasteiger partial charge is 0.496 e. The maximum Gasteiger partial charge on any atom is 0.310 e. The van der Waals surface area contributed by atoms with Crippen molar-refractivity contribution in [2.45, 2.75) is 44.8 Å². The van der Waals surface area contributed by atoms with Crippen molar-refractivity contribution in [2.24, 2.45) is 0 Å². The van der Waals surface area contributed by atoms with Gasteiger partial charge in [0.2, 0.25) is 0 Å². The number of Topliss-reactive ketones (excluding diaryl/α,β-unsaturated/α-hetero) is 1. The van der Waals surface area contributed by atoms with Crippen molar-refractivity contribution in [3.63, 3.8) is 0 Å². The highest BCUT2D eigenvalue weighted by molar-refractivity contribution is 5.94. The van der Waals surface area contributed by atoms with Crippen molar-refractivity contribution in [1.29, 1.82) is 0 Å². The van der Waals surface area contributed by atoms with Crippen LogP contribution in [0.3, 0.4) is 0 Å². The lowest BCUT2D eigenvalue weighted by Gasteiger charge is -2.19. The predicted molar refractivity (Wildman–Crippen MR) is 81.2 cm³/mol. The Morgan fingerprint density at radius 1 is 1.18 bits per heavy atom. The summed E-state index contributed by atoms with van der Waals surface area (Å²) >= 11 is 0. The summed E-state index contributed by atoms with van der Waals surface area (Å²) in [4.78, 5) is 23.6. The van der Waals surface area contributed by atoms with Crippen LogP contribution in [-0.4, -0.2) is 38.2 Å². The van der Waals surface area contributed by atoms with Crippen LogP contribution in [0.1, 0.15) is 42.1 Å². The van der Waals surface area contributed by atoms with E-state index < -0.39 is 0 Å². The number of carbonyl (C=O) groups is 2. The van der Waals surface area contributed by atoms with Crippen molar-refractivity contribution in [2.75, 3.05) is 14.2 Å². The second kappa shape index (κ2) is 7.40. The lowest BCUT2D eigenvalue weighted by molar-refractivity contribution is -0.153. The molecule has 1 aliphatic carbocycles. The summed E-state index contributed by atoms with van der Waals surface area (Å²) in [6, 6.07) is 5.08. The smallest absolute Gasteiger partial charge is 0.310 e. The molecule has 0 radical (unpaired) electrons. The van der Waals surface area contributed by atoms with Gasteiger partial charge in [-0.05, 0) is 44.4 Å². The molecular formula is C17H22O5. The molecule has 0 aliphatic heterocycles. The maximum atomic E-state index is 12.2. The van der Waals surface area contributed by atoms with Gasteiger partial charge >= 0.3 is 5.97 Å². The van der Waals surface area contributed by atoms with Crippen LogP contribution < -0.4 is 4.74 Å². The number of rotatable bonds is 6. The summed E-state index contributed by atoms with van der Waals surface area (Å²) in [5, 5.41) is 0. The quantitative estimate of drug-likeness (QED) is 0.597. The first-order valence-corrected chi connectivity index (χ1v) is 7.45. The zero-order valence-corrected chi connectivity index (χ0v) is 13.3. The Morgan fingerprint density at radius 2 is 1.91 bits per heavy atom. The van der Waals surface area contributed by atoms with Gasteiger partial charge in [0.25, 0.3) is 0 Å². The maximum absolute atomic E-state index is 12.2. The summed E-state index contributed by atoms with van der Waals surface area (Å²) < 4.78 is 16.1. The Hall–Kier alpha value is -1.88. The fourth-order valence-electron chi connectivity index (χ4n) is 2.80. The molecule has 0 saturated heterocycles. The predicted octanol–water partition coefficient (Wildman–Crippen LogP) is 2.55. The molecule has 0 unspecified atom stereocenters. The van der Waals surface area contributed by atoms with Gasteiger partial charge in [-0.15, -0.1) is 0 Å². The zero-order chi connectivity index (χ0) is 16.1. The third-order valence-corrected chi connectivity index (χ3v) is 4.00. The first-order chi connectivity index (χ1) is 10.5. The number of carbonyl (C=O) groups excluding carboxylic acids is 2. The van der Waals surface area contributed by atoms with Crippen LogP contribution in [0.15, 0.2) is 18.2 Å². The summed E-state index contributed by atoms with van der Waals surface area (Å²) in [6.45, 7) is 1.49. The summed E-state index contributed by atoms with van der Waals surface area (Å²) in [5.41, 5.74) is 1.21. The zero-order valence-electron chi connectivity index (χ0n) is 13.3. The van der Waals surface area contributed by atoms with Crippen LogP contribution in [0.25, 0.3) is 0 Å². The third kappa shape index (κ3) is 3.85. The lowest BCUT2D eigenvalue weighted by Crippen LogP contribution is -2.28. The van der Waals surface area contributed by atoms with Gasteiger partial charge < -0.3 is 14.2 Å². The Morgan fingerprint density at radius 3 is 2.55 bits per heavy atom. The molecule has 0 N–H and O–H groups in total. The minimum Gasteiger partial charge on any atom is -0.496 e. The number of hydrogen-bond acceptors (Lipinski definition) is 5. The van der Waals surface area contributed by atoms with E-state index >= 15 is 0 Å². The van der Waals surface area contributed by atoms with Gasteiger partial charge in [0, 0.05) is 18.2 Å². The molecule has 1 saturated carbocycles. The molecular weight excluding hydrogens is 284 g/mol. The first-order valence-electron chi connectivity index (χ1n) is 7.45. The average Bonchev–Trinajstić information content (AvgIpc) is 2.94. The van der Waals surface area contributed by atoms with E-state index in [4.69, 9.17) is 14.2 Å². The number of benzene rings is 1. The van der Waals surface area contributed by atoms with E-state index in [9.17, 15) is 9.59 Å². The molecule has 120 valence electrons. The Kier molecular flexibility index (Phi) is 5.55. The Balaban J connectivity index is 2.07. The number of ketones is 1. The van der Waals surface area contributed by atoms with Gasteiger partial charge in [0.15, 0.2) is 5.78 Å². The molecule has 1 aliphatic rings. The summed E-state index contributed by atoms with van der Waals surface area (Å²) in [6.07, 6.45) is 2.62. The lowest BCUT2D eigenvalue weighted by atomic mass is 10.0. The van der Waals surface area contributed by atoms with Crippen LogP contribution in [0, 0.1) is 0 Å². The van der Waals surface area contributed by atoms with Gasteiger partial charge in [0.05, 0.1) is 19.6 Å². The highest BCUT2D eigenvalue weighted by Crippen LogP contribution is 2.26. The number of methoxy groups -OCH3 is 2. The standard InChI is InChI=1S/C17H22O5/c1-11(18)12-7-8-14(20-2)13(9-12)10-17(19)22-16-6-4-5-15(16)21-3/h7-9,15-16H,4-6,10H2,1-3H3/t15-,16+/m1/s1. The molecule has 22 heavy (non-hydrogen) atoms. The molecule has 0 spiro atoms. The van der Waals surface area contributed by atoms with Gasteiger partial charge in [-0.1, -0.05) is 0 Å². The second-order valence-corrected chi connectivity index (χ2v) is 5.49. The SMILES string of the molecule is COc1ccc(C(C)=O)cc1CC(=O)O[C@H]1CCC[C@H]1OC. The molecule has 0 amide bonds. The van der Waals surface area contributed by atoms with Crippen LogP contribution in [0.5, 0.6) is 5.75 Å².